The van der Waals surface area contributed by atoms with Crippen molar-refractivity contribution in [1.82, 2.24) is 9.97 Å². The second-order valence-corrected chi connectivity index (χ2v) is 1.48. The van der Waals surface area contributed by atoms with Gasteiger partial charge in [-0.3, -0.25) is 0 Å². The first-order valence-corrected chi connectivity index (χ1v) is 2.38. The third kappa shape index (κ3) is 1.08. The fourth-order valence-electron chi connectivity index (χ4n) is 0.445. The molecule has 0 unspecified atom stereocenters. The predicted molar refractivity (Wildman–Crippen MR) is 29.9 cm³/mol. The molecule has 0 bridgehead atoms. The summed E-state index contributed by atoms with van der Waals surface area (Å²) in [7, 11) is 0. The Bertz CT molecular complexity index is 290. The van der Waals surface area contributed by atoms with Crippen LogP contribution in [0.4, 0.5) is 8.78 Å². The third-order valence-electron chi connectivity index (χ3n) is 0.835. The summed E-state index contributed by atoms with van der Waals surface area (Å²) in [4.78, 5) is 6.05. The van der Waals surface area contributed by atoms with Gasteiger partial charge in [0.15, 0.2) is 5.69 Å². The zero-order chi connectivity index (χ0) is 7.56. The van der Waals surface area contributed by atoms with Crippen LogP contribution in [0, 0.1) is 24.2 Å². The Morgan fingerprint density at radius 2 is 2.20 bits per heavy atom. The lowest BCUT2D eigenvalue weighted by Gasteiger charge is -1.89. The molecule has 0 atom stereocenters. The van der Waals surface area contributed by atoms with Gasteiger partial charge in [0.1, 0.15) is 0 Å². The van der Waals surface area contributed by atoms with Crippen molar-refractivity contribution >= 4 is 0 Å². The minimum Gasteiger partial charge on any atom is -0.221 e. The molecule has 0 aliphatic rings. The molecule has 0 radical (unpaired) electrons. The normalized spacial score (nSPS) is 8.90. The molecule has 0 aromatic carbocycles. The van der Waals surface area contributed by atoms with Crippen molar-refractivity contribution in [3.8, 4) is 12.3 Å². The van der Waals surface area contributed by atoms with Crippen molar-refractivity contribution in [3.63, 3.8) is 0 Å². The summed E-state index contributed by atoms with van der Waals surface area (Å²) in [5, 5.41) is 0. The summed E-state index contributed by atoms with van der Waals surface area (Å²) in [5.41, 5.74) is -0.403. The van der Waals surface area contributed by atoms with Gasteiger partial charge in [0, 0.05) is 0 Å². The maximum Gasteiger partial charge on any atom is 0.247 e. The first-order chi connectivity index (χ1) is 4.74. The molecule has 1 rings (SSSR count). The molecule has 0 saturated carbocycles. The summed E-state index contributed by atoms with van der Waals surface area (Å²) < 4.78 is 24.4. The van der Waals surface area contributed by atoms with Gasteiger partial charge in [0.25, 0.3) is 0 Å². The highest BCUT2D eigenvalue weighted by Crippen LogP contribution is 1.98. The number of terminal acetylenes is 1. The van der Waals surface area contributed by atoms with Crippen LogP contribution in [-0.4, -0.2) is 9.97 Å². The molecule has 0 aliphatic carbocycles. The lowest BCUT2D eigenvalue weighted by molar-refractivity contribution is 0.524. The maximum atomic E-state index is 12.3. The molecule has 0 N–H and O–H groups in total. The Balaban J connectivity index is 3.25. The molecule has 0 spiro atoms. The SMILES string of the molecule is C#Cc1nc(F)cnc1F. The molecule has 50 valence electrons. The second-order valence-electron chi connectivity index (χ2n) is 1.48. The third-order valence-corrected chi connectivity index (χ3v) is 0.835. The van der Waals surface area contributed by atoms with Crippen LogP contribution in [0.2, 0.25) is 0 Å². The summed E-state index contributed by atoms with van der Waals surface area (Å²) in [6.45, 7) is 0. The molecule has 0 aliphatic heterocycles. The number of nitrogens with zero attached hydrogens (tertiary/aromatic N) is 2. The Labute approximate surface area is 55.9 Å². The van der Waals surface area contributed by atoms with E-state index in [4.69, 9.17) is 6.42 Å². The van der Waals surface area contributed by atoms with Gasteiger partial charge in [-0.1, -0.05) is 0 Å². The van der Waals surface area contributed by atoms with Crippen molar-refractivity contribution in [1.29, 1.82) is 0 Å². The number of hydrogen-bond acceptors (Lipinski definition) is 2. The van der Waals surface area contributed by atoms with Gasteiger partial charge in [0.2, 0.25) is 11.9 Å². The number of aromatic nitrogens is 2. The zero-order valence-electron chi connectivity index (χ0n) is 4.81. The zero-order valence-corrected chi connectivity index (χ0v) is 4.81. The van der Waals surface area contributed by atoms with Gasteiger partial charge in [-0.25, -0.2) is 9.97 Å². The van der Waals surface area contributed by atoms with E-state index in [1.807, 2.05) is 5.92 Å². The van der Waals surface area contributed by atoms with Gasteiger partial charge in [-0.2, -0.15) is 8.78 Å². The van der Waals surface area contributed by atoms with E-state index in [1.54, 1.807) is 0 Å². The Morgan fingerprint density at radius 1 is 1.50 bits per heavy atom. The van der Waals surface area contributed by atoms with Crippen LogP contribution < -0.4 is 0 Å². The summed E-state index contributed by atoms with van der Waals surface area (Å²) in [6, 6.07) is 0. The topological polar surface area (TPSA) is 25.8 Å². The quantitative estimate of drug-likeness (QED) is 0.496. The Morgan fingerprint density at radius 3 is 2.70 bits per heavy atom. The van der Waals surface area contributed by atoms with Crippen molar-refractivity contribution < 1.29 is 8.78 Å². The van der Waals surface area contributed by atoms with Crippen molar-refractivity contribution in [2.24, 2.45) is 0 Å². The van der Waals surface area contributed by atoms with E-state index in [0.717, 1.165) is 0 Å². The summed E-state index contributed by atoms with van der Waals surface area (Å²) in [5.74, 6) is 0.0403. The van der Waals surface area contributed by atoms with E-state index in [2.05, 4.69) is 9.97 Å². The number of rotatable bonds is 0. The standard InChI is InChI=1S/C6H2F2N2/c1-2-4-6(8)9-3-5(7)10-4/h1,3H. The van der Waals surface area contributed by atoms with E-state index >= 15 is 0 Å². The Kier molecular flexibility index (Phi) is 1.59. The lowest BCUT2D eigenvalue weighted by atomic mass is 10.5. The molecule has 4 heteroatoms. The first kappa shape index (κ1) is 6.62. The van der Waals surface area contributed by atoms with Crippen molar-refractivity contribution in [2.45, 2.75) is 0 Å². The van der Waals surface area contributed by atoms with Crippen LogP contribution >= 0.6 is 0 Å². The fourth-order valence-corrected chi connectivity index (χ4v) is 0.445. The highest BCUT2D eigenvalue weighted by atomic mass is 19.1. The van der Waals surface area contributed by atoms with E-state index in [0.29, 0.717) is 6.20 Å². The summed E-state index contributed by atoms with van der Waals surface area (Å²) in [6.07, 6.45) is 5.42. The van der Waals surface area contributed by atoms with E-state index in [9.17, 15) is 8.78 Å². The van der Waals surface area contributed by atoms with E-state index in [1.165, 1.54) is 0 Å². The summed E-state index contributed by atoms with van der Waals surface area (Å²) >= 11 is 0. The van der Waals surface area contributed by atoms with Crippen LogP contribution in [0.5, 0.6) is 0 Å². The molecule has 1 aromatic heterocycles. The van der Waals surface area contributed by atoms with Gasteiger partial charge in [-0.05, 0) is 5.92 Å². The average Bonchev–Trinajstić information content (AvgIpc) is 1.94. The molecule has 10 heavy (non-hydrogen) atoms. The minimum absolute atomic E-state index is 0.403. The fraction of sp³-hybridized carbons (Fsp3) is 0. The molecule has 0 fully saturated rings. The van der Waals surface area contributed by atoms with Crippen LogP contribution in [0.15, 0.2) is 6.20 Å². The predicted octanol–water partition coefficient (Wildman–Crippen LogP) is 0.736. The smallest absolute Gasteiger partial charge is 0.221 e. The highest BCUT2D eigenvalue weighted by Gasteiger charge is 2.02. The molecule has 1 heterocycles. The van der Waals surface area contributed by atoms with Gasteiger partial charge in [-0.15, -0.1) is 6.42 Å². The molecular formula is C6H2F2N2. The van der Waals surface area contributed by atoms with Gasteiger partial charge >= 0.3 is 0 Å². The lowest BCUT2D eigenvalue weighted by Crippen LogP contribution is -1.95. The van der Waals surface area contributed by atoms with Crippen LogP contribution in [0.25, 0.3) is 0 Å². The maximum absolute atomic E-state index is 12.3. The Hall–Kier alpha value is -1.50. The molecular weight excluding hydrogens is 138 g/mol. The van der Waals surface area contributed by atoms with Crippen molar-refractivity contribution in [2.75, 3.05) is 0 Å². The van der Waals surface area contributed by atoms with E-state index in [-0.39, 0.29) is 0 Å². The van der Waals surface area contributed by atoms with Crippen LogP contribution in [-0.2, 0) is 0 Å². The number of halogens is 2. The molecule has 2 nitrogen and oxygen atoms in total. The van der Waals surface area contributed by atoms with Crippen LogP contribution in [0.1, 0.15) is 5.69 Å². The second kappa shape index (κ2) is 2.40. The van der Waals surface area contributed by atoms with Crippen LogP contribution in [0.3, 0.4) is 0 Å². The van der Waals surface area contributed by atoms with E-state index < -0.39 is 17.6 Å². The monoisotopic (exact) mass is 140 g/mol. The van der Waals surface area contributed by atoms with Gasteiger partial charge < -0.3 is 0 Å². The minimum atomic E-state index is -0.927. The first-order valence-electron chi connectivity index (χ1n) is 2.38. The molecule has 0 amide bonds. The molecule has 0 saturated heterocycles. The number of hydrogen-bond donors (Lipinski definition) is 0. The molecule has 1 aromatic rings. The van der Waals surface area contributed by atoms with Gasteiger partial charge in [0.05, 0.1) is 6.20 Å². The largest absolute Gasteiger partial charge is 0.247 e. The average molecular weight is 140 g/mol. The van der Waals surface area contributed by atoms with Crippen molar-refractivity contribution in [3.05, 3.63) is 23.8 Å². The highest BCUT2D eigenvalue weighted by molar-refractivity contribution is 5.21.